The third-order valence-corrected chi connectivity index (χ3v) is 4.43. The van der Waals surface area contributed by atoms with Crippen molar-refractivity contribution >= 4 is 24.2 Å². The van der Waals surface area contributed by atoms with Gasteiger partial charge in [-0.2, -0.15) is 0 Å². The van der Waals surface area contributed by atoms with Crippen LogP contribution in [0.15, 0.2) is 24.3 Å². The Bertz CT molecular complexity index is 508. The highest BCUT2D eigenvalue weighted by Crippen LogP contribution is 2.47. The van der Waals surface area contributed by atoms with E-state index in [-0.39, 0.29) is 18.5 Å². The first-order valence-electron chi connectivity index (χ1n) is 6.61. The molecule has 1 aromatic carbocycles. The van der Waals surface area contributed by atoms with E-state index < -0.39 is 5.60 Å². The third-order valence-electron chi connectivity index (χ3n) is 4.43. The van der Waals surface area contributed by atoms with Gasteiger partial charge >= 0.3 is 6.09 Å². The van der Waals surface area contributed by atoms with Gasteiger partial charge in [-0.3, -0.25) is 5.32 Å². The summed E-state index contributed by atoms with van der Waals surface area (Å²) in [6.07, 6.45) is 3.87. The Morgan fingerprint density at radius 1 is 1.16 bits per heavy atom. The van der Waals surface area contributed by atoms with E-state index in [9.17, 15) is 4.79 Å². The van der Waals surface area contributed by atoms with Crippen molar-refractivity contribution in [3.63, 3.8) is 0 Å². The molecule has 0 aromatic heterocycles. The Labute approximate surface area is 118 Å². The number of carbonyl (C=O) groups excluding carboxylic acids is 1. The second kappa shape index (κ2) is 4.39. The molecule has 1 aromatic rings. The Balaban J connectivity index is 0.00000110. The lowest BCUT2D eigenvalue weighted by Crippen LogP contribution is -2.51. The minimum Gasteiger partial charge on any atom is -0.438 e. The summed E-state index contributed by atoms with van der Waals surface area (Å²) in [5.41, 5.74) is 1.65. The molecule has 19 heavy (non-hydrogen) atoms. The smallest absolute Gasteiger partial charge is 0.412 e. The quantitative estimate of drug-likeness (QED) is 0.768. The standard InChI is InChI=1S/C14H16N2O2.ClH/c17-13-16-12-4-2-1-3-11(12)14(18-13)7-9-5-6-10(8-14)15-9;/h1-4,9-10,15H,5-8H2,(H,16,17);1H. The molecule has 2 unspecified atom stereocenters. The molecule has 0 saturated carbocycles. The highest BCUT2D eigenvalue weighted by atomic mass is 35.5. The maximum absolute atomic E-state index is 11.8. The molecule has 4 nitrogen and oxygen atoms in total. The molecule has 3 heterocycles. The SMILES string of the molecule is Cl.O=C1Nc2ccccc2C2(CC3CCC(C2)N3)O1. The lowest BCUT2D eigenvalue weighted by Gasteiger charge is -2.44. The number of piperidine rings is 1. The van der Waals surface area contributed by atoms with E-state index in [0.717, 1.165) is 24.1 Å². The Morgan fingerprint density at radius 2 is 1.84 bits per heavy atom. The third kappa shape index (κ3) is 1.90. The van der Waals surface area contributed by atoms with Gasteiger partial charge < -0.3 is 10.1 Å². The number of hydrogen-bond donors (Lipinski definition) is 2. The first-order valence-corrected chi connectivity index (χ1v) is 6.61. The van der Waals surface area contributed by atoms with Gasteiger partial charge in [-0.25, -0.2) is 4.79 Å². The molecule has 2 fully saturated rings. The normalized spacial score (nSPS) is 35.1. The number of nitrogens with one attached hydrogen (secondary N) is 2. The van der Waals surface area contributed by atoms with E-state index in [0.29, 0.717) is 12.1 Å². The zero-order valence-corrected chi connectivity index (χ0v) is 11.3. The summed E-state index contributed by atoms with van der Waals surface area (Å²) >= 11 is 0. The molecule has 102 valence electrons. The van der Waals surface area contributed by atoms with Crippen molar-refractivity contribution in [1.29, 1.82) is 0 Å². The van der Waals surface area contributed by atoms with Gasteiger partial charge in [-0.15, -0.1) is 12.4 Å². The molecule has 0 aliphatic carbocycles. The van der Waals surface area contributed by atoms with Crippen molar-refractivity contribution in [3.05, 3.63) is 29.8 Å². The molecule has 2 bridgehead atoms. The first kappa shape index (κ1) is 12.8. The summed E-state index contributed by atoms with van der Waals surface area (Å²) in [5.74, 6) is 0. The highest BCUT2D eigenvalue weighted by molar-refractivity contribution is 5.88. The Hall–Kier alpha value is -1.26. The van der Waals surface area contributed by atoms with Gasteiger partial charge in [0.1, 0.15) is 5.60 Å². The number of hydrogen-bond acceptors (Lipinski definition) is 3. The molecular formula is C14H17ClN2O2. The van der Waals surface area contributed by atoms with Crippen LogP contribution in [0.25, 0.3) is 0 Å². The van der Waals surface area contributed by atoms with Crippen LogP contribution in [0, 0.1) is 0 Å². The molecule has 2 N–H and O–H groups in total. The number of amides is 1. The minimum absolute atomic E-state index is 0. The van der Waals surface area contributed by atoms with E-state index in [1.54, 1.807) is 0 Å². The second-order valence-electron chi connectivity index (χ2n) is 5.60. The molecule has 2 atom stereocenters. The molecule has 5 heteroatoms. The van der Waals surface area contributed by atoms with Crippen molar-refractivity contribution < 1.29 is 9.53 Å². The second-order valence-corrected chi connectivity index (χ2v) is 5.60. The summed E-state index contributed by atoms with van der Waals surface area (Å²) < 4.78 is 5.73. The number of ether oxygens (including phenoxy) is 1. The van der Waals surface area contributed by atoms with Crippen LogP contribution in [0.3, 0.4) is 0 Å². The van der Waals surface area contributed by atoms with Crippen LogP contribution >= 0.6 is 12.4 Å². The van der Waals surface area contributed by atoms with Gasteiger partial charge in [0.15, 0.2) is 0 Å². The van der Waals surface area contributed by atoms with Crippen LogP contribution in [-0.2, 0) is 10.3 Å². The van der Waals surface area contributed by atoms with E-state index in [4.69, 9.17) is 4.74 Å². The first-order chi connectivity index (χ1) is 8.75. The number of rotatable bonds is 0. The average molecular weight is 281 g/mol. The molecule has 3 aliphatic heterocycles. The molecular weight excluding hydrogens is 264 g/mol. The van der Waals surface area contributed by atoms with Crippen molar-refractivity contribution in [2.75, 3.05) is 5.32 Å². The number of carbonyl (C=O) groups is 1. The number of fused-ring (bicyclic) bond motifs is 4. The summed E-state index contributed by atoms with van der Waals surface area (Å²) in [5, 5.41) is 6.40. The lowest BCUT2D eigenvalue weighted by molar-refractivity contribution is -0.0264. The topological polar surface area (TPSA) is 50.4 Å². The van der Waals surface area contributed by atoms with Crippen LogP contribution in [0.2, 0.25) is 0 Å². The van der Waals surface area contributed by atoms with Crippen molar-refractivity contribution in [1.82, 2.24) is 5.32 Å². The molecule has 1 spiro atoms. The van der Waals surface area contributed by atoms with Gasteiger partial charge in [-0.1, -0.05) is 18.2 Å². The maximum atomic E-state index is 11.8. The Kier molecular flexibility index (Phi) is 2.95. The highest BCUT2D eigenvalue weighted by Gasteiger charge is 2.50. The average Bonchev–Trinajstić information content (AvgIpc) is 2.69. The molecule has 0 radical (unpaired) electrons. The minimum atomic E-state index is -0.407. The zero-order chi connectivity index (χ0) is 12.2. The fourth-order valence-corrected chi connectivity index (χ4v) is 3.76. The van der Waals surface area contributed by atoms with Gasteiger partial charge in [0.05, 0.1) is 5.69 Å². The summed E-state index contributed by atoms with van der Waals surface area (Å²) in [6, 6.07) is 8.99. The predicted octanol–water partition coefficient (Wildman–Crippen LogP) is 2.78. The van der Waals surface area contributed by atoms with Crippen LogP contribution in [-0.4, -0.2) is 18.2 Å². The lowest BCUT2D eigenvalue weighted by atomic mass is 9.80. The fourth-order valence-electron chi connectivity index (χ4n) is 3.76. The number of benzene rings is 1. The van der Waals surface area contributed by atoms with Gasteiger partial charge in [0.2, 0.25) is 0 Å². The maximum Gasteiger partial charge on any atom is 0.412 e. The van der Waals surface area contributed by atoms with Crippen LogP contribution in [0.5, 0.6) is 0 Å². The van der Waals surface area contributed by atoms with Crippen LogP contribution in [0.4, 0.5) is 10.5 Å². The van der Waals surface area contributed by atoms with Crippen molar-refractivity contribution in [3.8, 4) is 0 Å². The number of halogens is 1. The van der Waals surface area contributed by atoms with E-state index in [1.165, 1.54) is 12.8 Å². The predicted molar refractivity (Wildman–Crippen MR) is 74.7 cm³/mol. The largest absolute Gasteiger partial charge is 0.438 e. The summed E-state index contributed by atoms with van der Waals surface area (Å²) in [7, 11) is 0. The number of anilines is 1. The Morgan fingerprint density at radius 3 is 2.58 bits per heavy atom. The molecule has 1 amide bonds. The monoisotopic (exact) mass is 280 g/mol. The van der Waals surface area contributed by atoms with E-state index in [1.807, 2.05) is 18.2 Å². The number of para-hydroxylation sites is 1. The molecule has 4 rings (SSSR count). The van der Waals surface area contributed by atoms with Gasteiger partial charge in [-0.05, 0) is 18.9 Å². The van der Waals surface area contributed by atoms with E-state index >= 15 is 0 Å². The fraction of sp³-hybridized carbons (Fsp3) is 0.500. The zero-order valence-electron chi connectivity index (χ0n) is 10.5. The van der Waals surface area contributed by atoms with Gasteiger partial charge in [0.25, 0.3) is 0 Å². The van der Waals surface area contributed by atoms with E-state index in [2.05, 4.69) is 16.7 Å². The van der Waals surface area contributed by atoms with Gasteiger partial charge in [0, 0.05) is 30.5 Å². The molecule has 2 saturated heterocycles. The van der Waals surface area contributed by atoms with Crippen molar-refractivity contribution in [2.24, 2.45) is 0 Å². The van der Waals surface area contributed by atoms with Crippen LogP contribution in [0.1, 0.15) is 31.2 Å². The molecule has 3 aliphatic rings. The summed E-state index contributed by atoms with van der Waals surface area (Å²) in [6.45, 7) is 0. The summed E-state index contributed by atoms with van der Waals surface area (Å²) in [4.78, 5) is 11.8. The van der Waals surface area contributed by atoms with Crippen molar-refractivity contribution in [2.45, 2.75) is 43.4 Å². The van der Waals surface area contributed by atoms with Crippen LogP contribution < -0.4 is 10.6 Å².